The average Bonchev–Trinajstić information content (AvgIpc) is 2.60. The molecule has 0 aliphatic rings. The van der Waals surface area contributed by atoms with Crippen molar-refractivity contribution in [1.82, 2.24) is 20.9 Å². The SMILES string of the molecule is C[C@H](NC(=O)c1ccncc1)C(=O)N[C@H](C)C(O)N[C@@H](CC(N)=O)C(=O)O. The van der Waals surface area contributed by atoms with Crippen LogP contribution in [0.15, 0.2) is 24.5 Å². The molecule has 0 radical (unpaired) electrons. The first kappa shape index (κ1) is 22.0. The van der Waals surface area contributed by atoms with Crippen LogP contribution in [-0.4, -0.2) is 63.2 Å². The average molecular weight is 381 g/mol. The lowest BCUT2D eigenvalue weighted by atomic mass is 10.1. The van der Waals surface area contributed by atoms with E-state index in [1.165, 1.54) is 38.4 Å². The highest BCUT2D eigenvalue weighted by Gasteiger charge is 2.27. The third kappa shape index (κ3) is 7.38. The van der Waals surface area contributed by atoms with E-state index in [-0.39, 0.29) is 0 Å². The van der Waals surface area contributed by atoms with Gasteiger partial charge in [-0.1, -0.05) is 0 Å². The molecule has 27 heavy (non-hydrogen) atoms. The van der Waals surface area contributed by atoms with Gasteiger partial charge in [0.2, 0.25) is 11.8 Å². The summed E-state index contributed by atoms with van der Waals surface area (Å²) in [5, 5.41) is 26.3. The van der Waals surface area contributed by atoms with Gasteiger partial charge in [0.25, 0.3) is 5.91 Å². The minimum atomic E-state index is -1.46. The van der Waals surface area contributed by atoms with Gasteiger partial charge < -0.3 is 26.6 Å². The summed E-state index contributed by atoms with van der Waals surface area (Å²) in [5.41, 5.74) is 5.29. The van der Waals surface area contributed by atoms with Gasteiger partial charge in [0.05, 0.1) is 12.5 Å². The molecule has 148 valence electrons. The van der Waals surface area contributed by atoms with Crippen LogP contribution < -0.4 is 21.7 Å². The van der Waals surface area contributed by atoms with Crippen LogP contribution in [0.2, 0.25) is 0 Å². The number of carbonyl (C=O) groups is 4. The zero-order chi connectivity index (χ0) is 20.6. The fourth-order valence-corrected chi connectivity index (χ4v) is 2.05. The Labute approximate surface area is 155 Å². The van der Waals surface area contributed by atoms with E-state index in [4.69, 9.17) is 10.8 Å². The second-order valence-corrected chi connectivity index (χ2v) is 5.90. The van der Waals surface area contributed by atoms with Gasteiger partial charge in [-0.3, -0.25) is 29.5 Å². The van der Waals surface area contributed by atoms with Crippen molar-refractivity contribution in [2.24, 2.45) is 5.73 Å². The van der Waals surface area contributed by atoms with E-state index in [0.29, 0.717) is 5.56 Å². The number of nitrogens with two attached hydrogens (primary N) is 1. The number of rotatable bonds is 10. The monoisotopic (exact) mass is 381 g/mol. The van der Waals surface area contributed by atoms with E-state index < -0.39 is 54.5 Å². The van der Waals surface area contributed by atoms with Crippen LogP contribution >= 0.6 is 0 Å². The highest BCUT2D eigenvalue weighted by Crippen LogP contribution is 2.00. The van der Waals surface area contributed by atoms with Gasteiger partial charge in [0.1, 0.15) is 18.3 Å². The molecule has 1 rings (SSSR count). The predicted octanol–water partition coefficient (Wildman–Crippen LogP) is -2.06. The van der Waals surface area contributed by atoms with Crippen molar-refractivity contribution in [2.75, 3.05) is 0 Å². The van der Waals surface area contributed by atoms with Crippen molar-refractivity contribution in [1.29, 1.82) is 0 Å². The molecule has 0 saturated carbocycles. The highest BCUT2D eigenvalue weighted by molar-refractivity contribution is 5.97. The fourth-order valence-electron chi connectivity index (χ4n) is 2.05. The van der Waals surface area contributed by atoms with Gasteiger partial charge in [-0.25, -0.2) is 0 Å². The number of carboxylic acid groups (broad SMARTS) is 1. The van der Waals surface area contributed by atoms with Crippen LogP contribution in [0.25, 0.3) is 0 Å². The standard InChI is InChI=1S/C16H23N5O6/c1-8(20-15(25)10-3-5-18-6-4-10)13(23)19-9(2)14(24)21-11(16(26)27)7-12(17)22/h3-6,8-9,11,14,21,24H,7H2,1-2H3,(H2,17,22)(H,19,23)(H,20,25)(H,26,27)/t8-,9+,11-,14?/m0/s1. The largest absolute Gasteiger partial charge is 0.480 e. The molecular weight excluding hydrogens is 358 g/mol. The molecule has 7 N–H and O–H groups in total. The summed E-state index contributed by atoms with van der Waals surface area (Å²) in [4.78, 5) is 49.9. The van der Waals surface area contributed by atoms with Crippen LogP contribution in [-0.2, 0) is 14.4 Å². The van der Waals surface area contributed by atoms with Crippen molar-refractivity contribution < 1.29 is 29.4 Å². The maximum atomic E-state index is 12.2. The lowest BCUT2D eigenvalue weighted by Crippen LogP contribution is -2.56. The van der Waals surface area contributed by atoms with E-state index in [1.54, 1.807) is 0 Å². The van der Waals surface area contributed by atoms with E-state index >= 15 is 0 Å². The Bertz CT molecular complexity index is 683. The summed E-state index contributed by atoms with van der Waals surface area (Å²) in [5.74, 6) is -3.29. The number of amides is 3. The van der Waals surface area contributed by atoms with Crippen molar-refractivity contribution in [3.63, 3.8) is 0 Å². The molecule has 0 saturated heterocycles. The van der Waals surface area contributed by atoms with Crippen molar-refractivity contribution in [3.8, 4) is 0 Å². The van der Waals surface area contributed by atoms with E-state index in [1.807, 2.05) is 0 Å². The van der Waals surface area contributed by atoms with E-state index in [2.05, 4.69) is 20.9 Å². The molecule has 0 aliphatic carbocycles. The Morgan fingerprint density at radius 2 is 1.74 bits per heavy atom. The van der Waals surface area contributed by atoms with E-state index in [9.17, 15) is 24.3 Å². The third-order valence-electron chi connectivity index (χ3n) is 3.60. The number of aliphatic hydroxyl groups excluding tert-OH is 1. The normalized spacial score (nSPS) is 15.1. The summed E-state index contributed by atoms with van der Waals surface area (Å²) < 4.78 is 0. The van der Waals surface area contributed by atoms with Crippen molar-refractivity contribution in [2.45, 2.75) is 44.6 Å². The number of aliphatic hydroxyl groups is 1. The lowest BCUT2D eigenvalue weighted by Gasteiger charge is -2.25. The molecule has 1 aromatic rings. The van der Waals surface area contributed by atoms with Crippen molar-refractivity contribution >= 4 is 23.7 Å². The van der Waals surface area contributed by atoms with Crippen LogP contribution in [0, 0.1) is 0 Å². The molecule has 1 unspecified atom stereocenters. The van der Waals surface area contributed by atoms with Gasteiger partial charge in [-0.15, -0.1) is 0 Å². The van der Waals surface area contributed by atoms with Crippen molar-refractivity contribution in [3.05, 3.63) is 30.1 Å². The Balaban J connectivity index is 2.57. The summed E-state index contributed by atoms with van der Waals surface area (Å²) in [6.07, 6.45) is 0.895. The number of nitrogens with one attached hydrogen (secondary N) is 3. The third-order valence-corrected chi connectivity index (χ3v) is 3.60. The molecule has 0 aromatic carbocycles. The van der Waals surface area contributed by atoms with Gasteiger partial charge in [-0.05, 0) is 26.0 Å². The smallest absolute Gasteiger partial charge is 0.321 e. The minimum Gasteiger partial charge on any atom is -0.480 e. The molecule has 0 bridgehead atoms. The second kappa shape index (κ2) is 10.2. The van der Waals surface area contributed by atoms with Crippen LogP contribution in [0.5, 0.6) is 0 Å². The van der Waals surface area contributed by atoms with Crippen LogP contribution in [0.1, 0.15) is 30.6 Å². The zero-order valence-electron chi connectivity index (χ0n) is 14.9. The number of nitrogens with zero attached hydrogens (tertiary/aromatic N) is 1. The molecule has 3 amide bonds. The quantitative estimate of drug-likeness (QED) is 0.250. The fraction of sp³-hybridized carbons (Fsp3) is 0.438. The van der Waals surface area contributed by atoms with E-state index in [0.717, 1.165) is 0 Å². The Kier molecular flexibility index (Phi) is 8.30. The summed E-state index contributed by atoms with van der Waals surface area (Å²) >= 11 is 0. The number of aliphatic carboxylic acids is 1. The highest BCUT2D eigenvalue weighted by atomic mass is 16.4. The molecule has 0 aliphatic heterocycles. The Morgan fingerprint density at radius 1 is 1.15 bits per heavy atom. The first-order valence-electron chi connectivity index (χ1n) is 8.08. The summed E-state index contributed by atoms with van der Waals surface area (Å²) in [6, 6.07) is -0.253. The van der Waals surface area contributed by atoms with Crippen LogP contribution in [0.4, 0.5) is 0 Å². The Hall–Kier alpha value is -3.05. The zero-order valence-corrected chi connectivity index (χ0v) is 14.9. The summed E-state index contributed by atoms with van der Waals surface area (Å²) in [7, 11) is 0. The molecule has 1 aromatic heterocycles. The van der Waals surface area contributed by atoms with Gasteiger partial charge in [-0.2, -0.15) is 0 Å². The molecule has 11 heteroatoms. The summed E-state index contributed by atoms with van der Waals surface area (Å²) in [6.45, 7) is 2.88. The number of carbonyl (C=O) groups excluding carboxylic acids is 3. The molecule has 0 fully saturated rings. The maximum absolute atomic E-state index is 12.2. The topological polar surface area (TPSA) is 184 Å². The number of hydrogen-bond acceptors (Lipinski definition) is 7. The molecule has 1 heterocycles. The molecule has 11 nitrogen and oxygen atoms in total. The molecule has 4 atom stereocenters. The van der Waals surface area contributed by atoms with Crippen LogP contribution in [0.3, 0.4) is 0 Å². The second-order valence-electron chi connectivity index (χ2n) is 5.90. The molecule has 0 spiro atoms. The van der Waals surface area contributed by atoms with Gasteiger partial charge >= 0.3 is 5.97 Å². The minimum absolute atomic E-state index is 0.329. The van der Waals surface area contributed by atoms with Gasteiger partial charge in [0, 0.05) is 18.0 Å². The number of carboxylic acids is 1. The predicted molar refractivity (Wildman–Crippen MR) is 93.1 cm³/mol. The number of pyridine rings is 1. The van der Waals surface area contributed by atoms with Gasteiger partial charge in [0.15, 0.2) is 0 Å². The number of primary amides is 1. The first-order valence-corrected chi connectivity index (χ1v) is 8.08. The number of hydrogen-bond donors (Lipinski definition) is 6. The first-order chi connectivity index (χ1) is 12.6. The lowest BCUT2D eigenvalue weighted by molar-refractivity contribution is -0.142. The molecular formula is C16H23N5O6. The Morgan fingerprint density at radius 3 is 2.26 bits per heavy atom. The number of aromatic nitrogens is 1. The maximum Gasteiger partial charge on any atom is 0.321 e.